The summed E-state index contributed by atoms with van der Waals surface area (Å²) in [7, 11) is 0. The highest BCUT2D eigenvalue weighted by molar-refractivity contribution is 9.10. The molecule has 2 N–H and O–H groups in total. The van der Waals surface area contributed by atoms with Crippen molar-refractivity contribution < 1.29 is 0 Å². The van der Waals surface area contributed by atoms with E-state index in [2.05, 4.69) is 34.0 Å². The molecule has 5 heteroatoms. The van der Waals surface area contributed by atoms with E-state index in [1.54, 1.807) is 0 Å². The number of hydrogen-bond acceptors (Lipinski definition) is 2. The second-order valence-corrected chi connectivity index (χ2v) is 5.84. The second-order valence-electron chi connectivity index (χ2n) is 4.58. The summed E-state index contributed by atoms with van der Waals surface area (Å²) >= 11 is 9.42. The van der Waals surface area contributed by atoms with E-state index < -0.39 is 0 Å². The molecule has 0 fully saturated rings. The Labute approximate surface area is 126 Å². The van der Waals surface area contributed by atoms with Gasteiger partial charge < -0.3 is 5.73 Å². The summed E-state index contributed by atoms with van der Waals surface area (Å²) in [5, 5.41) is 5.14. The maximum Gasteiger partial charge on any atom is 0.0596 e. The number of rotatable bonds is 4. The van der Waals surface area contributed by atoms with Crippen molar-refractivity contribution in [2.24, 2.45) is 5.73 Å². The van der Waals surface area contributed by atoms with E-state index in [1.807, 2.05) is 29.8 Å². The molecule has 3 nitrogen and oxygen atoms in total. The van der Waals surface area contributed by atoms with Crippen LogP contribution in [-0.2, 0) is 13.0 Å². The van der Waals surface area contributed by atoms with Crippen LogP contribution in [0.15, 0.2) is 28.7 Å². The third-order valence-electron chi connectivity index (χ3n) is 3.09. The van der Waals surface area contributed by atoms with Gasteiger partial charge in [-0.3, -0.25) is 4.68 Å². The van der Waals surface area contributed by atoms with Crippen molar-refractivity contribution in [1.82, 2.24) is 9.78 Å². The highest BCUT2D eigenvalue weighted by atomic mass is 79.9. The Morgan fingerprint density at radius 2 is 2.16 bits per heavy atom. The first-order chi connectivity index (χ1) is 9.01. The summed E-state index contributed by atoms with van der Waals surface area (Å²) in [6.07, 6.45) is 0.767. The fourth-order valence-corrected chi connectivity index (χ4v) is 2.64. The molecule has 1 unspecified atom stereocenters. The van der Waals surface area contributed by atoms with E-state index in [9.17, 15) is 0 Å². The number of benzene rings is 1. The molecule has 2 rings (SSSR count). The van der Waals surface area contributed by atoms with Gasteiger partial charge in [0.2, 0.25) is 0 Å². The molecular formula is C14H17BrClN3. The molecule has 0 radical (unpaired) electrons. The summed E-state index contributed by atoms with van der Waals surface area (Å²) < 4.78 is 2.88. The van der Waals surface area contributed by atoms with Gasteiger partial charge in [0.25, 0.3) is 0 Å². The van der Waals surface area contributed by atoms with Gasteiger partial charge in [0.05, 0.1) is 10.7 Å². The average Bonchev–Trinajstić information content (AvgIpc) is 2.72. The first-order valence-corrected chi connectivity index (χ1v) is 7.42. The van der Waals surface area contributed by atoms with Crippen LogP contribution in [0.3, 0.4) is 0 Å². The third-order valence-corrected chi connectivity index (χ3v) is 4.30. The molecule has 102 valence electrons. The zero-order valence-corrected chi connectivity index (χ0v) is 13.4. The smallest absolute Gasteiger partial charge is 0.0596 e. The van der Waals surface area contributed by atoms with E-state index >= 15 is 0 Å². The van der Waals surface area contributed by atoms with Gasteiger partial charge in [0.15, 0.2) is 0 Å². The molecular weight excluding hydrogens is 326 g/mol. The van der Waals surface area contributed by atoms with Gasteiger partial charge >= 0.3 is 0 Å². The SMILES string of the molecule is CCn1nc(C)cc1CC(N)c1ccc(Cl)c(Br)c1. The Morgan fingerprint density at radius 3 is 2.79 bits per heavy atom. The topological polar surface area (TPSA) is 43.8 Å². The lowest BCUT2D eigenvalue weighted by Gasteiger charge is -2.13. The van der Waals surface area contributed by atoms with Gasteiger partial charge in [-0.15, -0.1) is 0 Å². The van der Waals surface area contributed by atoms with Crippen LogP contribution in [0, 0.1) is 6.92 Å². The fourth-order valence-electron chi connectivity index (χ4n) is 2.12. The number of aromatic nitrogens is 2. The number of aryl methyl sites for hydroxylation is 2. The molecule has 0 spiro atoms. The summed E-state index contributed by atoms with van der Waals surface area (Å²) in [6, 6.07) is 7.84. The van der Waals surface area contributed by atoms with Crippen molar-refractivity contribution in [1.29, 1.82) is 0 Å². The monoisotopic (exact) mass is 341 g/mol. The summed E-state index contributed by atoms with van der Waals surface area (Å²) in [5.74, 6) is 0. The average molecular weight is 343 g/mol. The van der Waals surface area contributed by atoms with Crippen molar-refractivity contribution in [2.75, 3.05) is 0 Å². The molecule has 0 amide bonds. The predicted molar refractivity (Wildman–Crippen MR) is 82.4 cm³/mol. The lowest BCUT2D eigenvalue weighted by atomic mass is 10.0. The largest absolute Gasteiger partial charge is 0.324 e. The number of nitrogens with two attached hydrogens (primary N) is 1. The van der Waals surface area contributed by atoms with E-state index in [0.29, 0.717) is 5.02 Å². The normalized spacial score (nSPS) is 12.7. The molecule has 1 aromatic heterocycles. The Kier molecular flexibility index (Phi) is 4.66. The molecule has 1 heterocycles. The lowest BCUT2D eigenvalue weighted by molar-refractivity contribution is 0.587. The van der Waals surface area contributed by atoms with Gasteiger partial charge in [0, 0.05) is 29.2 Å². The van der Waals surface area contributed by atoms with Crippen LogP contribution in [0.5, 0.6) is 0 Å². The number of hydrogen-bond donors (Lipinski definition) is 1. The van der Waals surface area contributed by atoms with E-state index in [0.717, 1.165) is 28.7 Å². The first-order valence-electron chi connectivity index (χ1n) is 6.25. The summed E-state index contributed by atoms with van der Waals surface area (Å²) in [5.41, 5.74) is 9.54. The number of nitrogens with zero attached hydrogens (tertiary/aromatic N) is 2. The molecule has 0 saturated carbocycles. The van der Waals surface area contributed by atoms with Crippen LogP contribution < -0.4 is 5.73 Å². The number of halogens is 2. The lowest BCUT2D eigenvalue weighted by Crippen LogP contribution is -2.16. The van der Waals surface area contributed by atoms with Gasteiger partial charge in [0.1, 0.15) is 0 Å². The van der Waals surface area contributed by atoms with Gasteiger partial charge in [-0.2, -0.15) is 5.10 Å². The Hall–Kier alpha value is -0.840. The minimum absolute atomic E-state index is 0.0602. The van der Waals surface area contributed by atoms with Gasteiger partial charge in [-0.25, -0.2) is 0 Å². The molecule has 0 aliphatic heterocycles. The van der Waals surface area contributed by atoms with Crippen molar-refractivity contribution in [2.45, 2.75) is 32.9 Å². The van der Waals surface area contributed by atoms with Crippen molar-refractivity contribution in [3.05, 3.63) is 50.7 Å². The molecule has 19 heavy (non-hydrogen) atoms. The highest BCUT2D eigenvalue weighted by Gasteiger charge is 2.12. The molecule has 1 atom stereocenters. The molecule has 1 aromatic carbocycles. The second kappa shape index (κ2) is 6.07. The van der Waals surface area contributed by atoms with Crippen molar-refractivity contribution in [3.8, 4) is 0 Å². The Balaban J connectivity index is 2.20. The third kappa shape index (κ3) is 3.38. The zero-order chi connectivity index (χ0) is 14.0. The van der Waals surface area contributed by atoms with Crippen LogP contribution in [0.1, 0.15) is 29.9 Å². The Morgan fingerprint density at radius 1 is 1.42 bits per heavy atom. The summed E-state index contributed by atoms with van der Waals surface area (Å²) in [6.45, 7) is 4.95. The van der Waals surface area contributed by atoms with E-state index in [1.165, 1.54) is 5.69 Å². The molecule has 0 bridgehead atoms. The van der Waals surface area contributed by atoms with Crippen LogP contribution in [0.4, 0.5) is 0 Å². The first kappa shape index (κ1) is 14.6. The minimum Gasteiger partial charge on any atom is -0.324 e. The van der Waals surface area contributed by atoms with E-state index in [-0.39, 0.29) is 6.04 Å². The molecule has 0 aliphatic rings. The van der Waals surface area contributed by atoms with Crippen LogP contribution in [-0.4, -0.2) is 9.78 Å². The predicted octanol–water partition coefficient (Wildman–Crippen LogP) is 3.87. The zero-order valence-electron chi connectivity index (χ0n) is 11.0. The van der Waals surface area contributed by atoms with Crippen LogP contribution >= 0.6 is 27.5 Å². The maximum atomic E-state index is 6.27. The summed E-state index contributed by atoms with van der Waals surface area (Å²) in [4.78, 5) is 0. The Bertz CT molecular complexity index is 580. The van der Waals surface area contributed by atoms with Crippen LogP contribution in [0.2, 0.25) is 5.02 Å². The minimum atomic E-state index is -0.0602. The molecule has 0 saturated heterocycles. The van der Waals surface area contributed by atoms with Crippen molar-refractivity contribution >= 4 is 27.5 Å². The fraction of sp³-hybridized carbons (Fsp3) is 0.357. The quantitative estimate of drug-likeness (QED) is 0.916. The maximum absolute atomic E-state index is 6.27. The molecule has 0 aliphatic carbocycles. The molecule has 2 aromatic rings. The van der Waals surface area contributed by atoms with Crippen molar-refractivity contribution in [3.63, 3.8) is 0 Å². The van der Waals surface area contributed by atoms with E-state index in [4.69, 9.17) is 17.3 Å². The van der Waals surface area contributed by atoms with Gasteiger partial charge in [-0.1, -0.05) is 17.7 Å². The highest BCUT2D eigenvalue weighted by Crippen LogP contribution is 2.26. The van der Waals surface area contributed by atoms with Crippen LogP contribution in [0.25, 0.3) is 0 Å². The van der Waals surface area contributed by atoms with Gasteiger partial charge in [-0.05, 0) is 53.5 Å². The standard InChI is InChI=1S/C14H17BrClN3/c1-3-19-11(6-9(2)18-19)8-14(17)10-4-5-13(16)12(15)7-10/h4-7,14H,3,8,17H2,1-2H3.